The number of aliphatic hydroxyl groups is 1. The van der Waals surface area contributed by atoms with Gasteiger partial charge in [-0.2, -0.15) is 4.37 Å². The summed E-state index contributed by atoms with van der Waals surface area (Å²) in [6.45, 7) is 10.4. The van der Waals surface area contributed by atoms with Crippen LogP contribution in [-0.2, 0) is 0 Å². The number of rotatable bonds is 6. The first-order valence-electron chi connectivity index (χ1n) is 7.25. The van der Waals surface area contributed by atoms with E-state index in [0.717, 1.165) is 62.9 Å². The molecule has 0 radical (unpaired) electrons. The molecule has 1 saturated heterocycles. The molecule has 0 aliphatic carbocycles. The summed E-state index contributed by atoms with van der Waals surface area (Å²) in [6, 6.07) is 0. The number of hydrogen-bond acceptors (Lipinski definition) is 6. The fourth-order valence-electron chi connectivity index (χ4n) is 2.46. The summed E-state index contributed by atoms with van der Waals surface area (Å²) in [5.41, 5.74) is 0. The van der Waals surface area contributed by atoms with Crippen LogP contribution in [0.25, 0.3) is 0 Å². The van der Waals surface area contributed by atoms with Crippen LogP contribution in [0.4, 0.5) is 5.13 Å². The van der Waals surface area contributed by atoms with E-state index in [1.165, 1.54) is 11.5 Å². The van der Waals surface area contributed by atoms with E-state index in [2.05, 4.69) is 25.7 Å². The Labute approximate surface area is 125 Å². The molecule has 6 heteroatoms. The third-order valence-electron chi connectivity index (χ3n) is 3.55. The van der Waals surface area contributed by atoms with E-state index in [9.17, 15) is 5.11 Å². The zero-order valence-electron chi connectivity index (χ0n) is 12.2. The van der Waals surface area contributed by atoms with Crippen LogP contribution in [0.15, 0.2) is 12.7 Å². The maximum absolute atomic E-state index is 9.99. The lowest BCUT2D eigenvalue weighted by atomic mass is 10.2. The Morgan fingerprint density at radius 3 is 2.95 bits per heavy atom. The average molecular weight is 296 g/mol. The van der Waals surface area contributed by atoms with Crippen LogP contribution < -0.4 is 4.90 Å². The predicted molar refractivity (Wildman–Crippen MR) is 83.4 cm³/mol. The first-order valence-corrected chi connectivity index (χ1v) is 8.03. The average Bonchev–Trinajstić information content (AvgIpc) is 2.72. The van der Waals surface area contributed by atoms with E-state index in [1.54, 1.807) is 0 Å². The molecule has 0 aromatic carbocycles. The molecule has 0 saturated carbocycles. The predicted octanol–water partition coefficient (Wildman–Crippen LogP) is 1.69. The summed E-state index contributed by atoms with van der Waals surface area (Å²) in [5.74, 6) is 0.853. The lowest BCUT2D eigenvalue weighted by molar-refractivity contribution is 0.110. The second-order valence-electron chi connectivity index (χ2n) is 5.29. The lowest BCUT2D eigenvalue weighted by Crippen LogP contribution is -2.35. The van der Waals surface area contributed by atoms with E-state index in [-0.39, 0.29) is 6.10 Å². The minimum atomic E-state index is -0.247. The summed E-state index contributed by atoms with van der Waals surface area (Å²) in [6.07, 6.45) is 4.41. The summed E-state index contributed by atoms with van der Waals surface area (Å²) in [7, 11) is 0. The van der Waals surface area contributed by atoms with Gasteiger partial charge in [-0.15, -0.1) is 6.58 Å². The standard InChI is InChI=1S/C14H24N4OS/c1-3-4-6-13(19)11-17-7-5-8-18(10-9-17)14-15-12(2)16-20-14/h3,13,19H,1,4-11H2,2H3. The van der Waals surface area contributed by atoms with Crippen molar-refractivity contribution in [3.05, 3.63) is 18.5 Å². The number of aromatic nitrogens is 2. The Hall–Kier alpha value is -0.980. The first kappa shape index (κ1) is 15.4. The van der Waals surface area contributed by atoms with Gasteiger partial charge < -0.3 is 10.0 Å². The van der Waals surface area contributed by atoms with E-state index < -0.39 is 0 Å². The number of aliphatic hydroxyl groups excluding tert-OH is 1. The molecule has 20 heavy (non-hydrogen) atoms. The molecule has 1 aliphatic rings. The van der Waals surface area contributed by atoms with Gasteiger partial charge in [-0.25, -0.2) is 4.98 Å². The molecule has 1 aromatic rings. The Morgan fingerprint density at radius 1 is 1.40 bits per heavy atom. The quantitative estimate of drug-likeness (QED) is 0.810. The van der Waals surface area contributed by atoms with Crippen molar-refractivity contribution in [1.29, 1.82) is 0 Å². The minimum Gasteiger partial charge on any atom is -0.392 e. The SMILES string of the molecule is C=CCCC(O)CN1CCCN(c2nc(C)ns2)CC1. The Morgan fingerprint density at radius 2 is 2.25 bits per heavy atom. The van der Waals surface area contributed by atoms with Crippen LogP contribution in [0.1, 0.15) is 25.1 Å². The fourth-order valence-corrected chi connectivity index (χ4v) is 3.18. The molecule has 1 aromatic heterocycles. The largest absolute Gasteiger partial charge is 0.392 e. The number of anilines is 1. The van der Waals surface area contributed by atoms with Gasteiger partial charge in [0.15, 0.2) is 0 Å². The van der Waals surface area contributed by atoms with Gasteiger partial charge in [0, 0.05) is 37.7 Å². The van der Waals surface area contributed by atoms with Crippen molar-refractivity contribution >= 4 is 16.7 Å². The molecule has 2 heterocycles. The van der Waals surface area contributed by atoms with Crippen molar-refractivity contribution in [2.75, 3.05) is 37.6 Å². The molecule has 112 valence electrons. The van der Waals surface area contributed by atoms with Gasteiger partial charge in [0.05, 0.1) is 6.10 Å². The molecule has 1 N–H and O–H groups in total. The molecular formula is C14H24N4OS. The number of allylic oxidation sites excluding steroid dienone is 1. The maximum atomic E-state index is 9.99. The highest BCUT2D eigenvalue weighted by Crippen LogP contribution is 2.18. The van der Waals surface area contributed by atoms with Gasteiger partial charge in [0.2, 0.25) is 5.13 Å². The van der Waals surface area contributed by atoms with Crippen LogP contribution in [0, 0.1) is 6.92 Å². The van der Waals surface area contributed by atoms with Crippen molar-refractivity contribution < 1.29 is 5.11 Å². The molecule has 0 bridgehead atoms. The van der Waals surface area contributed by atoms with E-state index in [4.69, 9.17) is 0 Å². The van der Waals surface area contributed by atoms with Crippen molar-refractivity contribution in [2.45, 2.75) is 32.3 Å². The van der Waals surface area contributed by atoms with E-state index in [0.29, 0.717) is 0 Å². The molecule has 0 amide bonds. The number of hydrogen-bond donors (Lipinski definition) is 1. The zero-order chi connectivity index (χ0) is 14.4. The van der Waals surface area contributed by atoms with E-state index in [1.807, 2.05) is 13.0 Å². The minimum absolute atomic E-state index is 0.247. The molecule has 1 fully saturated rings. The number of β-amino-alcohol motifs (C(OH)–C–C–N with tert-alkyl or cyclic N) is 1. The molecule has 5 nitrogen and oxygen atoms in total. The van der Waals surface area contributed by atoms with Crippen LogP contribution >= 0.6 is 11.5 Å². The monoisotopic (exact) mass is 296 g/mol. The Bertz CT molecular complexity index is 423. The highest BCUT2D eigenvalue weighted by atomic mass is 32.1. The summed E-state index contributed by atoms with van der Waals surface area (Å²) < 4.78 is 4.25. The van der Waals surface area contributed by atoms with Gasteiger partial charge in [-0.05, 0) is 32.7 Å². The first-order chi connectivity index (χ1) is 9.69. The molecule has 0 spiro atoms. The second-order valence-corrected chi connectivity index (χ2v) is 6.02. The van der Waals surface area contributed by atoms with Gasteiger partial charge in [0.25, 0.3) is 0 Å². The summed E-state index contributed by atoms with van der Waals surface area (Å²) >= 11 is 1.48. The topological polar surface area (TPSA) is 52.5 Å². The van der Waals surface area contributed by atoms with Gasteiger partial charge in [0.1, 0.15) is 5.82 Å². The fraction of sp³-hybridized carbons (Fsp3) is 0.714. The number of aryl methyl sites for hydroxylation is 1. The molecular weight excluding hydrogens is 272 g/mol. The van der Waals surface area contributed by atoms with Crippen molar-refractivity contribution in [2.24, 2.45) is 0 Å². The molecule has 1 aliphatic heterocycles. The van der Waals surface area contributed by atoms with Crippen molar-refractivity contribution in [3.8, 4) is 0 Å². The van der Waals surface area contributed by atoms with Crippen LogP contribution in [-0.4, -0.2) is 58.2 Å². The molecule has 1 unspecified atom stereocenters. The molecule has 1 atom stereocenters. The summed E-state index contributed by atoms with van der Waals surface area (Å²) in [5, 5.41) is 11.0. The maximum Gasteiger partial charge on any atom is 0.205 e. The summed E-state index contributed by atoms with van der Waals surface area (Å²) in [4.78, 5) is 9.11. The highest BCUT2D eigenvalue weighted by molar-refractivity contribution is 7.09. The van der Waals surface area contributed by atoms with Crippen LogP contribution in [0.2, 0.25) is 0 Å². The Balaban J connectivity index is 1.81. The normalized spacial score (nSPS) is 18.8. The zero-order valence-corrected chi connectivity index (χ0v) is 13.0. The second kappa shape index (κ2) is 7.71. The molecule has 2 rings (SSSR count). The van der Waals surface area contributed by atoms with Gasteiger partial charge >= 0.3 is 0 Å². The number of nitrogens with zero attached hydrogens (tertiary/aromatic N) is 4. The smallest absolute Gasteiger partial charge is 0.205 e. The van der Waals surface area contributed by atoms with E-state index >= 15 is 0 Å². The third kappa shape index (κ3) is 4.54. The lowest BCUT2D eigenvalue weighted by Gasteiger charge is -2.23. The van der Waals surface area contributed by atoms with Crippen LogP contribution in [0.5, 0.6) is 0 Å². The highest BCUT2D eigenvalue weighted by Gasteiger charge is 2.19. The van der Waals surface area contributed by atoms with Gasteiger partial charge in [-0.3, -0.25) is 4.90 Å². The third-order valence-corrected chi connectivity index (χ3v) is 4.42. The Kier molecular flexibility index (Phi) is 5.94. The van der Waals surface area contributed by atoms with Gasteiger partial charge in [-0.1, -0.05) is 6.08 Å². The van der Waals surface area contributed by atoms with Crippen molar-refractivity contribution in [1.82, 2.24) is 14.3 Å². The van der Waals surface area contributed by atoms with Crippen LogP contribution in [0.3, 0.4) is 0 Å². The van der Waals surface area contributed by atoms with Crippen molar-refractivity contribution in [3.63, 3.8) is 0 Å².